The molecule has 0 aromatic heterocycles. The van der Waals surface area contributed by atoms with Gasteiger partial charge in [0.1, 0.15) is 5.75 Å². The highest BCUT2D eigenvalue weighted by molar-refractivity contribution is 5.95. The summed E-state index contributed by atoms with van der Waals surface area (Å²) in [5, 5.41) is 8.92. The maximum atomic E-state index is 12.5. The Morgan fingerprint density at radius 2 is 1.45 bits per heavy atom. The summed E-state index contributed by atoms with van der Waals surface area (Å²) < 4.78 is 5.65. The van der Waals surface area contributed by atoms with Crippen LogP contribution >= 0.6 is 0 Å². The second-order valence-electron chi connectivity index (χ2n) is 8.31. The van der Waals surface area contributed by atoms with Gasteiger partial charge in [-0.15, -0.1) is 0 Å². The molecule has 0 saturated heterocycles. The first-order valence-electron chi connectivity index (χ1n) is 11.1. The van der Waals surface area contributed by atoms with Gasteiger partial charge in [0, 0.05) is 16.9 Å². The minimum absolute atomic E-state index is 0.0870. The summed E-state index contributed by atoms with van der Waals surface area (Å²) in [6.45, 7) is 6.91. The Balaban J connectivity index is 1.45. The SMILES string of the molecule is CC(C)COc1ccc(NC(=O)CNc2ccc(C(=O)NC(C)c3ccccc3)cc2)cc1. The summed E-state index contributed by atoms with van der Waals surface area (Å²) in [5.74, 6) is 0.930. The fourth-order valence-corrected chi connectivity index (χ4v) is 3.13. The van der Waals surface area contributed by atoms with Gasteiger partial charge in [-0.1, -0.05) is 44.2 Å². The highest BCUT2D eigenvalue weighted by Crippen LogP contribution is 2.17. The van der Waals surface area contributed by atoms with Crippen LogP contribution in [0.15, 0.2) is 78.9 Å². The highest BCUT2D eigenvalue weighted by Gasteiger charge is 2.11. The number of ether oxygens (including phenoxy) is 1. The van der Waals surface area contributed by atoms with Crippen molar-refractivity contribution in [3.05, 3.63) is 90.0 Å². The number of hydrogen-bond donors (Lipinski definition) is 3. The van der Waals surface area contributed by atoms with Gasteiger partial charge < -0.3 is 20.7 Å². The lowest BCUT2D eigenvalue weighted by molar-refractivity contribution is -0.114. The standard InChI is InChI=1S/C27H31N3O3/c1-19(2)18-33-25-15-13-24(14-16-25)30-26(31)17-28-23-11-9-22(10-12-23)27(32)29-20(3)21-7-5-4-6-8-21/h4-16,19-20,28H,17-18H2,1-3H3,(H,29,32)(H,30,31). The molecular formula is C27H31N3O3. The average Bonchev–Trinajstić information content (AvgIpc) is 2.83. The third kappa shape index (κ3) is 7.68. The van der Waals surface area contributed by atoms with Gasteiger partial charge in [0.2, 0.25) is 5.91 Å². The van der Waals surface area contributed by atoms with Crippen LogP contribution in [-0.2, 0) is 4.79 Å². The number of amides is 2. The van der Waals surface area contributed by atoms with Gasteiger partial charge in [-0.3, -0.25) is 9.59 Å². The third-order valence-electron chi connectivity index (χ3n) is 4.97. The van der Waals surface area contributed by atoms with Gasteiger partial charge in [0.25, 0.3) is 5.91 Å². The first-order valence-corrected chi connectivity index (χ1v) is 11.1. The molecule has 3 rings (SSSR count). The Morgan fingerprint density at radius 1 is 0.818 bits per heavy atom. The molecule has 3 aromatic rings. The third-order valence-corrected chi connectivity index (χ3v) is 4.97. The van der Waals surface area contributed by atoms with Crippen molar-refractivity contribution in [2.45, 2.75) is 26.8 Å². The number of nitrogens with one attached hydrogen (secondary N) is 3. The largest absolute Gasteiger partial charge is 0.493 e. The number of benzene rings is 3. The van der Waals surface area contributed by atoms with Gasteiger partial charge in [0.15, 0.2) is 0 Å². The molecular weight excluding hydrogens is 414 g/mol. The molecule has 172 valence electrons. The normalized spacial score (nSPS) is 11.5. The fourth-order valence-electron chi connectivity index (χ4n) is 3.13. The number of carbonyl (C=O) groups excluding carboxylic acids is 2. The zero-order valence-corrected chi connectivity index (χ0v) is 19.3. The van der Waals surface area contributed by atoms with Crippen LogP contribution in [0.5, 0.6) is 5.75 Å². The molecule has 3 N–H and O–H groups in total. The van der Waals surface area contributed by atoms with E-state index >= 15 is 0 Å². The number of rotatable bonds is 10. The molecule has 0 bridgehead atoms. The van der Waals surface area contributed by atoms with E-state index in [1.54, 1.807) is 24.3 Å². The fraction of sp³-hybridized carbons (Fsp3) is 0.259. The Hall–Kier alpha value is -3.80. The molecule has 0 aliphatic carbocycles. The second kappa shape index (κ2) is 11.7. The summed E-state index contributed by atoms with van der Waals surface area (Å²) in [6.07, 6.45) is 0. The van der Waals surface area contributed by atoms with Crippen molar-refractivity contribution < 1.29 is 14.3 Å². The van der Waals surface area contributed by atoms with Crippen LogP contribution in [0.1, 0.15) is 42.7 Å². The molecule has 6 nitrogen and oxygen atoms in total. The van der Waals surface area contributed by atoms with Crippen molar-refractivity contribution in [1.82, 2.24) is 5.32 Å². The molecule has 0 saturated carbocycles. The van der Waals surface area contributed by atoms with Crippen molar-refractivity contribution in [2.24, 2.45) is 5.92 Å². The van der Waals surface area contributed by atoms with Crippen LogP contribution in [0.25, 0.3) is 0 Å². The van der Waals surface area contributed by atoms with E-state index in [1.165, 1.54) is 0 Å². The van der Waals surface area contributed by atoms with E-state index in [0.717, 1.165) is 17.0 Å². The number of hydrogen-bond acceptors (Lipinski definition) is 4. The minimum Gasteiger partial charge on any atom is -0.493 e. The Labute approximate surface area is 195 Å². The summed E-state index contributed by atoms with van der Waals surface area (Å²) in [5.41, 5.74) is 3.08. The van der Waals surface area contributed by atoms with E-state index in [-0.39, 0.29) is 24.4 Å². The topological polar surface area (TPSA) is 79.5 Å². The summed E-state index contributed by atoms with van der Waals surface area (Å²) in [7, 11) is 0. The van der Waals surface area contributed by atoms with E-state index in [9.17, 15) is 9.59 Å². The molecule has 2 amide bonds. The molecule has 1 atom stereocenters. The Morgan fingerprint density at radius 3 is 2.09 bits per heavy atom. The quantitative estimate of drug-likeness (QED) is 0.398. The van der Waals surface area contributed by atoms with Crippen LogP contribution in [0.3, 0.4) is 0 Å². The maximum absolute atomic E-state index is 12.5. The van der Waals surface area contributed by atoms with Crippen LogP contribution < -0.4 is 20.7 Å². The van der Waals surface area contributed by atoms with E-state index in [0.29, 0.717) is 23.8 Å². The summed E-state index contributed by atoms with van der Waals surface area (Å²) >= 11 is 0. The zero-order chi connectivity index (χ0) is 23.6. The Bertz CT molecular complexity index is 1030. The highest BCUT2D eigenvalue weighted by atomic mass is 16.5. The van der Waals surface area contributed by atoms with Gasteiger partial charge in [-0.2, -0.15) is 0 Å². The molecule has 0 radical (unpaired) electrons. The zero-order valence-electron chi connectivity index (χ0n) is 19.3. The molecule has 0 aliphatic heterocycles. The van der Waals surface area contributed by atoms with Gasteiger partial charge in [-0.05, 0) is 66.9 Å². The molecule has 1 unspecified atom stereocenters. The predicted octanol–water partition coefficient (Wildman–Crippen LogP) is 5.26. The monoisotopic (exact) mass is 445 g/mol. The second-order valence-corrected chi connectivity index (χ2v) is 8.31. The lowest BCUT2D eigenvalue weighted by Crippen LogP contribution is -2.26. The lowest BCUT2D eigenvalue weighted by atomic mass is 10.1. The van der Waals surface area contributed by atoms with Crippen LogP contribution in [0.4, 0.5) is 11.4 Å². The first-order chi connectivity index (χ1) is 15.9. The number of anilines is 2. The lowest BCUT2D eigenvalue weighted by Gasteiger charge is -2.14. The van der Waals surface area contributed by atoms with Crippen LogP contribution in [0, 0.1) is 5.92 Å². The van der Waals surface area contributed by atoms with E-state index < -0.39 is 0 Å². The molecule has 0 aliphatic rings. The average molecular weight is 446 g/mol. The van der Waals surface area contributed by atoms with Gasteiger partial charge in [-0.25, -0.2) is 0 Å². The molecule has 0 heterocycles. The van der Waals surface area contributed by atoms with E-state index in [1.807, 2.05) is 61.5 Å². The molecule has 6 heteroatoms. The van der Waals surface area contributed by atoms with Crippen molar-refractivity contribution in [2.75, 3.05) is 23.8 Å². The van der Waals surface area contributed by atoms with Gasteiger partial charge in [0.05, 0.1) is 19.2 Å². The first kappa shape index (κ1) is 23.9. The molecule has 3 aromatic carbocycles. The van der Waals surface area contributed by atoms with Crippen LogP contribution in [-0.4, -0.2) is 25.0 Å². The van der Waals surface area contributed by atoms with Crippen molar-refractivity contribution in [3.63, 3.8) is 0 Å². The molecule has 0 fully saturated rings. The molecule has 33 heavy (non-hydrogen) atoms. The van der Waals surface area contributed by atoms with E-state index in [4.69, 9.17) is 4.74 Å². The summed E-state index contributed by atoms with van der Waals surface area (Å²) in [6, 6.07) is 24.1. The summed E-state index contributed by atoms with van der Waals surface area (Å²) in [4.78, 5) is 24.8. The van der Waals surface area contributed by atoms with Gasteiger partial charge >= 0.3 is 0 Å². The maximum Gasteiger partial charge on any atom is 0.251 e. The van der Waals surface area contributed by atoms with Crippen LogP contribution in [0.2, 0.25) is 0 Å². The number of carbonyl (C=O) groups is 2. The van der Waals surface area contributed by atoms with E-state index in [2.05, 4.69) is 29.8 Å². The smallest absolute Gasteiger partial charge is 0.251 e. The Kier molecular flexibility index (Phi) is 8.47. The predicted molar refractivity (Wildman–Crippen MR) is 133 cm³/mol. The van der Waals surface area contributed by atoms with Crippen molar-refractivity contribution in [3.8, 4) is 5.75 Å². The molecule has 0 spiro atoms. The minimum atomic E-state index is -0.163. The van der Waals surface area contributed by atoms with Crippen molar-refractivity contribution >= 4 is 23.2 Å². The van der Waals surface area contributed by atoms with Crippen molar-refractivity contribution in [1.29, 1.82) is 0 Å².